The Morgan fingerprint density at radius 1 is 1.19 bits per heavy atom. The Morgan fingerprint density at radius 3 is 2.58 bits per heavy atom. The molecular formula is C18H23N3O4S. The SMILES string of the molecule is CSCC[C@H](NC(C)=O)C(=O)N[C@@H](Cc1c[nH]c2ccccc12)C(=O)O. The highest BCUT2D eigenvalue weighted by Gasteiger charge is 2.26. The van der Waals surface area contributed by atoms with Crippen molar-refractivity contribution >= 4 is 40.4 Å². The second kappa shape index (κ2) is 9.28. The maximum absolute atomic E-state index is 12.5. The average molecular weight is 377 g/mol. The van der Waals surface area contributed by atoms with Gasteiger partial charge in [-0.1, -0.05) is 18.2 Å². The van der Waals surface area contributed by atoms with Crippen LogP contribution in [0.2, 0.25) is 0 Å². The minimum Gasteiger partial charge on any atom is -0.480 e. The Labute approximate surface area is 155 Å². The van der Waals surface area contributed by atoms with Crippen LogP contribution in [-0.2, 0) is 20.8 Å². The van der Waals surface area contributed by atoms with Gasteiger partial charge in [0.05, 0.1) is 0 Å². The van der Waals surface area contributed by atoms with Gasteiger partial charge in [-0.05, 0) is 30.1 Å². The fraction of sp³-hybridized carbons (Fsp3) is 0.389. The van der Waals surface area contributed by atoms with Crippen LogP contribution in [0.4, 0.5) is 0 Å². The van der Waals surface area contributed by atoms with Crippen molar-refractivity contribution in [2.45, 2.75) is 31.8 Å². The van der Waals surface area contributed by atoms with Crippen molar-refractivity contribution in [2.24, 2.45) is 0 Å². The molecule has 0 saturated heterocycles. The lowest BCUT2D eigenvalue weighted by atomic mass is 10.0. The summed E-state index contributed by atoms with van der Waals surface area (Å²) in [6.07, 6.45) is 4.25. The van der Waals surface area contributed by atoms with Crippen LogP contribution in [-0.4, -0.2) is 52.0 Å². The molecular weight excluding hydrogens is 354 g/mol. The lowest BCUT2D eigenvalue weighted by Gasteiger charge is -2.20. The monoisotopic (exact) mass is 377 g/mol. The van der Waals surface area contributed by atoms with Gasteiger partial charge in [-0.2, -0.15) is 11.8 Å². The Hall–Kier alpha value is -2.48. The third-order valence-corrected chi connectivity index (χ3v) is 4.66. The van der Waals surface area contributed by atoms with Crippen molar-refractivity contribution < 1.29 is 19.5 Å². The number of rotatable bonds is 9. The summed E-state index contributed by atoms with van der Waals surface area (Å²) in [5, 5.41) is 15.6. The Bertz CT molecular complexity index is 790. The molecule has 140 valence electrons. The van der Waals surface area contributed by atoms with Crippen molar-refractivity contribution in [1.29, 1.82) is 0 Å². The van der Waals surface area contributed by atoms with Gasteiger partial charge in [0, 0.05) is 30.4 Å². The van der Waals surface area contributed by atoms with Crippen LogP contribution in [0.25, 0.3) is 10.9 Å². The van der Waals surface area contributed by atoms with E-state index in [1.807, 2.05) is 30.5 Å². The van der Waals surface area contributed by atoms with E-state index in [1.54, 1.807) is 18.0 Å². The molecule has 8 heteroatoms. The summed E-state index contributed by atoms with van der Waals surface area (Å²) in [5.74, 6) is -1.25. The first-order chi connectivity index (χ1) is 12.4. The van der Waals surface area contributed by atoms with Crippen molar-refractivity contribution in [2.75, 3.05) is 12.0 Å². The topological polar surface area (TPSA) is 111 Å². The fourth-order valence-electron chi connectivity index (χ4n) is 2.74. The van der Waals surface area contributed by atoms with Crippen LogP contribution in [0.15, 0.2) is 30.5 Å². The van der Waals surface area contributed by atoms with Gasteiger partial charge in [-0.25, -0.2) is 4.79 Å². The van der Waals surface area contributed by atoms with E-state index in [4.69, 9.17) is 0 Å². The lowest BCUT2D eigenvalue weighted by molar-refractivity contribution is -0.142. The molecule has 26 heavy (non-hydrogen) atoms. The molecule has 0 aliphatic rings. The summed E-state index contributed by atoms with van der Waals surface area (Å²) in [7, 11) is 0. The number of aliphatic carboxylic acids is 1. The molecule has 0 aliphatic carbocycles. The molecule has 2 atom stereocenters. The number of carbonyl (C=O) groups excluding carboxylic acids is 2. The van der Waals surface area contributed by atoms with Gasteiger partial charge in [-0.15, -0.1) is 0 Å². The number of thioether (sulfide) groups is 1. The van der Waals surface area contributed by atoms with Crippen LogP contribution >= 0.6 is 11.8 Å². The third-order valence-electron chi connectivity index (χ3n) is 4.02. The molecule has 0 saturated carbocycles. The van der Waals surface area contributed by atoms with E-state index >= 15 is 0 Å². The number of aromatic nitrogens is 1. The van der Waals surface area contributed by atoms with Gasteiger partial charge in [-0.3, -0.25) is 9.59 Å². The van der Waals surface area contributed by atoms with E-state index in [0.717, 1.165) is 16.5 Å². The molecule has 1 aromatic heterocycles. The number of H-pyrrole nitrogens is 1. The van der Waals surface area contributed by atoms with Crippen molar-refractivity contribution in [1.82, 2.24) is 15.6 Å². The van der Waals surface area contributed by atoms with E-state index in [1.165, 1.54) is 6.92 Å². The Kier molecular flexibility index (Phi) is 7.08. The molecule has 1 heterocycles. The number of hydrogen-bond acceptors (Lipinski definition) is 4. The lowest BCUT2D eigenvalue weighted by Crippen LogP contribution is -2.52. The predicted octanol–water partition coefficient (Wildman–Crippen LogP) is 1.54. The molecule has 2 rings (SSSR count). The van der Waals surface area contributed by atoms with Gasteiger partial charge >= 0.3 is 5.97 Å². The summed E-state index contributed by atoms with van der Waals surface area (Å²) in [4.78, 5) is 38.5. The highest BCUT2D eigenvalue weighted by Crippen LogP contribution is 2.19. The van der Waals surface area contributed by atoms with Gasteiger partial charge in [0.1, 0.15) is 12.1 Å². The predicted molar refractivity (Wildman–Crippen MR) is 102 cm³/mol. The molecule has 7 nitrogen and oxygen atoms in total. The normalized spacial score (nSPS) is 13.2. The Balaban J connectivity index is 2.12. The van der Waals surface area contributed by atoms with E-state index in [9.17, 15) is 19.5 Å². The third kappa shape index (κ3) is 5.26. The van der Waals surface area contributed by atoms with Crippen LogP contribution < -0.4 is 10.6 Å². The Morgan fingerprint density at radius 2 is 1.92 bits per heavy atom. The van der Waals surface area contributed by atoms with Crippen LogP contribution in [0.3, 0.4) is 0 Å². The first-order valence-electron chi connectivity index (χ1n) is 8.26. The molecule has 0 unspecified atom stereocenters. The maximum atomic E-state index is 12.5. The zero-order valence-corrected chi connectivity index (χ0v) is 15.6. The van der Waals surface area contributed by atoms with Gasteiger partial charge in [0.15, 0.2) is 0 Å². The second-order valence-electron chi connectivity index (χ2n) is 6.00. The van der Waals surface area contributed by atoms with Crippen molar-refractivity contribution in [3.05, 3.63) is 36.0 Å². The number of carboxylic acids is 1. The van der Waals surface area contributed by atoms with Gasteiger partial charge < -0.3 is 20.7 Å². The minimum absolute atomic E-state index is 0.153. The van der Waals surface area contributed by atoms with Crippen LogP contribution in [0.5, 0.6) is 0 Å². The highest BCUT2D eigenvalue weighted by atomic mass is 32.2. The highest BCUT2D eigenvalue weighted by molar-refractivity contribution is 7.98. The number of aromatic amines is 1. The largest absolute Gasteiger partial charge is 0.480 e. The quantitative estimate of drug-likeness (QED) is 0.530. The molecule has 4 N–H and O–H groups in total. The molecule has 2 amide bonds. The van der Waals surface area contributed by atoms with E-state index in [2.05, 4.69) is 15.6 Å². The average Bonchev–Trinajstić information content (AvgIpc) is 3.00. The summed E-state index contributed by atoms with van der Waals surface area (Å²) in [5.41, 5.74) is 1.72. The number of amides is 2. The molecule has 0 spiro atoms. The minimum atomic E-state index is -1.12. The summed E-state index contributed by atoms with van der Waals surface area (Å²) < 4.78 is 0. The van der Waals surface area contributed by atoms with E-state index < -0.39 is 24.0 Å². The van der Waals surface area contributed by atoms with Crippen molar-refractivity contribution in [3.8, 4) is 0 Å². The van der Waals surface area contributed by atoms with Crippen LogP contribution in [0, 0.1) is 0 Å². The molecule has 0 bridgehead atoms. The van der Waals surface area contributed by atoms with Crippen LogP contribution in [0.1, 0.15) is 18.9 Å². The number of hydrogen-bond donors (Lipinski definition) is 4. The molecule has 0 aliphatic heterocycles. The number of benzene rings is 1. The van der Waals surface area contributed by atoms with Crippen molar-refractivity contribution in [3.63, 3.8) is 0 Å². The summed E-state index contributed by atoms with van der Waals surface area (Å²) >= 11 is 1.55. The number of carbonyl (C=O) groups is 3. The number of para-hydroxylation sites is 1. The number of nitrogens with one attached hydrogen (secondary N) is 3. The van der Waals surface area contributed by atoms with Gasteiger partial charge in [0.2, 0.25) is 11.8 Å². The fourth-order valence-corrected chi connectivity index (χ4v) is 3.21. The van der Waals surface area contributed by atoms with E-state index in [-0.39, 0.29) is 12.3 Å². The van der Waals surface area contributed by atoms with Gasteiger partial charge in [0.25, 0.3) is 0 Å². The smallest absolute Gasteiger partial charge is 0.326 e. The zero-order valence-electron chi connectivity index (χ0n) is 14.7. The molecule has 1 aromatic carbocycles. The maximum Gasteiger partial charge on any atom is 0.326 e. The number of fused-ring (bicyclic) bond motifs is 1. The summed E-state index contributed by atoms with van der Waals surface area (Å²) in [6.45, 7) is 1.33. The summed E-state index contributed by atoms with van der Waals surface area (Å²) in [6, 6.07) is 5.76. The first kappa shape index (κ1) is 19.8. The number of carboxylic acid groups (broad SMARTS) is 1. The molecule has 0 fully saturated rings. The molecule has 2 aromatic rings. The standard InChI is InChI=1S/C18H23N3O4S/c1-11(22)20-15(7-8-26-2)17(23)21-16(18(24)25)9-12-10-19-14-6-4-3-5-13(12)14/h3-6,10,15-16,19H,7-9H2,1-2H3,(H,20,22)(H,21,23)(H,24,25)/t15-,16-/m0/s1. The molecule has 0 radical (unpaired) electrons. The zero-order chi connectivity index (χ0) is 19.1. The first-order valence-corrected chi connectivity index (χ1v) is 9.66. The second-order valence-corrected chi connectivity index (χ2v) is 6.98. The van der Waals surface area contributed by atoms with E-state index in [0.29, 0.717) is 12.2 Å².